The van der Waals surface area contributed by atoms with E-state index in [2.05, 4.69) is 9.88 Å². The Labute approximate surface area is 180 Å². The lowest BCUT2D eigenvalue weighted by Crippen LogP contribution is -2.53. The fourth-order valence-electron chi connectivity index (χ4n) is 4.00. The average molecular weight is 461 g/mol. The van der Waals surface area contributed by atoms with Crippen LogP contribution in [0.1, 0.15) is 22.7 Å². The van der Waals surface area contributed by atoms with Crippen molar-refractivity contribution in [3.05, 3.63) is 40.7 Å². The molecule has 0 radical (unpaired) electrons. The first-order valence-corrected chi connectivity index (χ1v) is 10.4. The SMILES string of the molecule is CO[C@H]1CCN(C(=O)c2cscn2)[C@@H]2CN(Cc3ccco3)C[C@H]12.O=C(O)C(F)(F)F. The van der Waals surface area contributed by atoms with Crippen LogP contribution in [0.25, 0.3) is 0 Å². The molecule has 2 fully saturated rings. The van der Waals surface area contributed by atoms with E-state index in [1.165, 1.54) is 11.3 Å². The van der Waals surface area contributed by atoms with Gasteiger partial charge in [0.15, 0.2) is 0 Å². The Morgan fingerprint density at radius 2 is 2.13 bits per heavy atom. The smallest absolute Gasteiger partial charge is 0.475 e. The van der Waals surface area contributed by atoms with Crippen molar-refractivity contribution in [2.24, 2.45) is 5.92 Å². The fraction of sp³-hybridized carbons (Fsp3) is 0.526. The molecule has 4 rings (SSSR count). The summed E-state index contributed by atoms with van der Waals surface area (Å²) in [4.78, 5) is 30.3. The van der Waals surface area contributed by atoms with Crippen molar-refractivity contribution in [3.63, 3.8) is 0 Å². The molecule has 170 valence electrons. The number of methoxy groups -OCH3 is 1. The van der Waals surface area contributed by atoms with E-state index >= 15 is 0 Å². The number of rotatable bonds is 4. The Hall–Kier alpha value is -2.44. The van der Waals surface area contributed by atoms with Crippen molar-refractivity contribution >= 4 is 23.2 Å². The number of hydrogen-bond acceptors (Lipinski definition) is 7. The van der Waals surface area contributed by atoms with Gasteiger partial charge in [0.25, 0.3) is 5.91 Å². The quantitative estimate of drug-likeness (QED) is 0.748. The lowest BCUT2D eigenvalue weighted by molar-refractivity contribution is -0.192. The van der Waals surface area contributed by atoms with Crippen molar-refractivity contribution in [3.8, 4) is 0 Å². The largest absolute Gasteiger partial charge is 0.490 e. The van der Waals surface area contributed by atoms with E-state index < -0.39 is 12.1 Å². The summed E-state index contributed by atoms with van der Waals surface area (Å²) in [5, 5.41) is 8.95. The third kappa shape index (κ3) is 5.63. The van der Waals surface area contributed by atoms with Crippen LogP contribution in [0, 0.1) is 5.92 Å². The Balaban J connectivity index is 0.000000339. The number of carbonyl (C=O) groups excluding carboxylic acids is 1. The van der Waals surface area contributed by atoms with E-state index in [4.69, 9.17) is 19.1 Å². The van der Waals surface area contributed by atoms with Gasteiger partial charge in [-0.25, -0.2) is 9.78 Å². The number of alkyl halides is 3. The maximum absolute atomic E-state index is 12.8. The zero-order valence-corrected chi connectivity index (χ0v) is 17.4. The monoisotopic (exact) mass is 461 g/mol. The van der Waals surface area contributed by atoms with Crippen molar-refractivity contribution in [1.29, 1.82) is 0 Å². The number of ether oxygens (including phenoxy) is 1. The van der Waals surface area contributed by atoms with Gasteiger partial charge >= 0.3 is 12.1 Å². The molecule has 0 aromatic carbocycles. The predicted octanol–water partition coefficient (Wildman–Crippen LogP) is 2.73. The van der Waals surface area contributed by atoms with Crippen molar-refractivity contribution in [2.75, 3.05) is 26.7 Å². The number of likely N-dealkylation sites (tertiary alicyclic amines) is 2. The Bertz CT molecular complexity index is 860. The second kappa shape index (κ2) is 9.79. The predicted molar refractivity (Wildman–Crippen MR) is 104 cm³/mol. The molecule has 3 atom stereocenters. The van der Waals surface area contributed by atoms with E-state index in [0.29, 0.717) is 11.6 Å². The van der Waals surface area contributed by atoms with E-state index in [9.17, 15) is 18.0 Å². The number of thiazole rings is 1. The molecule has 2 aliphatic rings. The van der Waals surface area contributed by atoms with Crippen LogP contribution in [0.2, 0.25) is 0 Å². The number of hydrogen-bond donors (Lipinski definition) is 1. The Kier molecular flexibility index (Phi) is 7.34. The molecule has 4 heterocycles. The molecule has 1 N–H and O–H groups in total. The van der Waals surface area contributed by atoms with Gasteiger partial charge in [0.1, 0.15) is 11.5 Å². The van der Waals surface area contributed by atoms with Crippen LogP contribution in [0.15, 0.2) is 33.7 Å². The highest BCUT2D eigenvalue weighted by molar-refractivity contribution is 7.07. The molecule has 0 bridgehead atoms. The van der Waals surface area contributed by atoms with Crippen molar-refractivity contribution in [2.45, 2.75) is 31.3 Å². The maximum atomic E-state index is 12.8. The lowest BCUT2D eigenvalue weighted by Gasteiger charge is -2.40. The maximum Gasteiger partial charge on any atom is 0.490 e. The topological polar surface area (TPSA) is 96.1 Å². The Morgan fingerprint density at radius 3 is 2.68 bits per heavy atom. The molecule has 0 spiro atoms. The highest BCUT2D eigenvalue weighted by Crippen LogP contribution is 2.34. The van der Waals surface area contributed by atoms with E-state index in [-0.39, 0.29) is 18.1 Å². The molecule has 31 heavy (non-hydrogen) atoms. The number of fused-ring (bicyclic) bond motifs is 1. The highest BCUT2D eigenvalue weighted by atomic mass is 32.1. The minimum atomic E-state index is -5.08. The number of halogens is 3. The minimum Gasteiger partial charge on any atom is -0.475 e. The van der Waals surface area contributed by atoms with Gasteiger partial charge < -0.3 is 19.2 Å². The minimum absolute atomic E-state index is 0.0423. The van der Waals surface area contributed by atoms with E-state index in [1.54, 1.807) is 18.9 Å². The molecule has 2 aliphatic heterocycles. The van der Waals surface area contributed by atoms with Crippen LogP contribution in [0.3, 0.4) is 0 Å². The van der Waals surface area contributed by atoms with Crippen LogP contribution in [-0.2, 0) is 16.1 Å². The summed E-state index contributed by atoms with van der Waals surface area (Å²) in [6.07, 6.45) is -2.30. The first-order valence-electron chi connectivity index (χ1n) is 9.47. The van der Waals surface area contributed by atoms with Crippen LogP contribution in [0.4, 0.5) is 13.2 Å². The molecule has 0 unspecified atom stereocenters. The first kappa shape index (κ1) is 23.2. The number of nitrogens with zero attached hydrogens (tertiary/aromatic N) is 3. The number of carboxylic acid groups (broad SMARTS) is 1. The fourth-order valence-corrected chi connectivity index (χ4v) is 4.52. The summed E-state index contributed by atoms with van der Waals surface area (Å²) in [6.45, 7) is 3.27. The molecule has 12 heteroatoms. The number of carboxylic acids is 1. The van der Waals surface area contributed by atoms with Gasteiger partial charge in [-0.2, -0.15) is 13.2 Å². The third-order valence-corrected chi connectivity index (χ3v) is 5.94. The number of carbonyl (C=O) groups is 2. The van der Waals surface area contributed by atoms with Gasteiger partial charge in [-0.15, -0.1) is 11.3 Å². The standard InChI is InChI=1S/C17H21N3O3S.C2HF3O2/c1-22-16-4-5-20(17(21)14-10-24-11-18-14)15-9-19(8-13(15)16)7-12-3-2-6-23-12;3-2(4,5)1(6)7/h2-3,6,10-11,13,15-16H,4-5,7-9H2,1H3;(H,6,7)/t13-,15+,16-;/m0./s1. The molecular weight excluding hydrogens is 439 g/mol. The lowest BCUT2D eigenvalue weighted by atomic mass is 9.89. The zero-order chi connectivity index (χ0) is 22.6. The van der Waals surface area contributed by atoms with Crippen molar-refractivity contribution < 1.29 is 37.0 Å². The van der Waals surface area contributed by atoms with E-state index in [0.717, 1.165) is 38.4 Å². The first-order chi connectivity index (χ1) is 14.7. The van der Waals surface area contributed by atoms with E-state index in [1.807, 2.05) is 22.4 Å². The number of aliphatic carboxylic acids is 1. The molecule has 0 aliphatic carbocycles. The van der Waals surface area contributed by atoms with Gasteiger partial charge in [0, 0.05) is 38.0 Å². The van der Waals surface area contributed by atoms with Crippen LogP contribution < -0.4 is 0 Å². The number of piperidine rings is 1. The second-order valence-electron chi connectivity index (χ2n) is 7.24. The molecule has 2 saturated heterocycles. The second-order valence-corrected chi connectivity index (χ2v) is 7.96. The molecule has 0 saturated carbocycles. The summed E-state index contributed by atoms with van der Waals surface area (Å²) < 4.78 is 42.9. The molecule has 2 aromatic heterocycles. The van der Waals surface area contributed by atoms with Gasteiger partial charge in [0.2, 0.25) is 0 Å². The molecule has 8 nitrogen and oxygen atoms in total. The highest BCUT2D eigenvalue weighted by Gasteiger charge is 2.46. The third-order valence-electron chi connectivity index (χ3n) is 5.36. The normalized spacial score (nSPS) is 23.7. The average Bonchev–Trinajstić information content (AvgIpc) is 3.48. The summed E-state index contributed by atoms with van der Waals surface area (Å²) in [5.74, 6) is -1.42. The summed E-state index contributed by atoms with van der Waals surface area (Å²) in [7, 11) is 1.77. The number of aromatic nitrogens is 1. The Morgan fingerprint density at radius 1 is 1.39 bits per heavy atom. The molecular formula is C19H22F3N3O5S. The van der Waals surface area contributed by atoms with Crippen LogP contribution in [0.5, 0.6) is 0 Å². The van der Waals surface area contributed by atoms with Gasteiger partial charge in [-0.1, -0.05) is 0 Å². The van der Waals surface area contributed by atoms with Gasteiger partial charge in [-0.3, -0.25) is 9.69 Å². The van der Waals surface area contributed by atoms with Crippen molar-refractivity contribution in [1.82, 2.24) is 14.8 Å². The number of amides is 1. The summed E-state index contributed by atoms with van der Waals surface area (Å²) >= 11 is 1.46. The van der Waals surface area contributed by atoms with Gasteiger partial charge in [0.05, 0.1) is 30.5 Å². The summed E-state index contributed by atoms with van der Waals surface area (Å²) in [6, 6.07) is 4.08. The zero-order valence-electron chi connectivity index (χ0n) is 16.6. The summed E-state index contributed by atoms with van der Waals surface area (Å²) in [5.41, 5.74) is 2.27. The van der Waals surface area contributed by atoms with Gasteiger partial charge in [-0.05, 0) is 18.6 Å². The van der Waals surface area contributed by atoms with Crippen LogP contribution >= 0.6 is 11.3 Å². The van der Waals surface area contributed by atoms with Crippen LogP contribution in [-0.4, -0.2) is 76.8 Å². The molecule has 1 amide bonds. The molecule has 2 aromatic rings. The number of furan rings is 1.